The molecule has 28 heavy (non-hydrogen) atoms. The molecule has 150 valence electrons. The zero-order valence-corrected chi connectivity index (χ0v) is 16.5. The number of nitrogens with one attached hydrogen (secondary N) is 2. The average Bonchev–Trinajstić information content (AvgIpc) is 2.69. The van der Waals surface area contributed by atoms with Gasteiger partial charge in [0.1, 0.15) is 17.0 Å². The SMILES string of the molecule is COc1cccc(CCNC(=O)C(C)(C)C(=O)NCCc2ccc(F)cc2)c1. The number of carbonyl (C=O) groups is 2. The Kier molecular flexibility index (Phi) is 7.55. The monoisotopic (exact) mass is 386 g/mol. The summed E-state index contributed by atoms with van der Waals surface area (Å²) >= 11 is 0. The van der Waals surface area contributed by atoms with Crippen LogP contribution in [-0.4, -0.2) is 32.0 Å². The van der Waals surface area contributed by atoms with Crippen molar-refractivity contribution < 1.29 is 18.7 Å². The Bertz CT molecular complexity index is 804. The molecule has 0 saturated carbocycles. The van der Waals surface area contributed by atoms with Gasteiger partial charge in [0.2, 0.25) is 11.8 Å². The van der Waals surface area contributed by atoms with Gasteiger partial charge in [-0.2, -0.15) is 0 Å². The molecular weight excluding hydrogens is 359 g/mol. The van der Waals surface area contributed by atoms with E-state index in [0.717, 1.165) is 16.9 Å². The molecular formula is C22H27FN2O3. The van der Waals surface area contributed by atoms with Crippen LogP contribution in [0, 0.1) is 11.2 Å². The van der Waals surface area contributed by atoms with E-state index in [2.05, 4.69) is 10.6 Å². The molecule has 0 radical (unpaired) electrons. The molecule has 6 heteroatoms. The lowest BCUT2D eigenvalue weighted by Gasteiger charge is -2.22. The molecule has 0 aliphatic carbocycles. The number of amides is 2. The first-order valence-corrected chi connectivity index (χ1v) is 9.27. The van der Waals surface area contributed by atoms with Gasteiger partial charge in [-0.1, -0.05) is 24.3 Å². The van der Waals surface area contributed by atoms with Crippen LogP contribution in [0.25, 0.3) is 0 Å². The van der Waals surface area contributed by atoms with Gasteiger partial charge >= 0.3 is 0 Å². The highest BCUT2D eigenvalue weighted by Gasteiger charge is 2.35. The first-order chi connectivity index (χ1) is 13.3. The number of hydrogen-bond donors (Lipinski definition) is 2. The number of carbonyl (C=O) groups excluding carboxylic acids is 2. The van der Waals surface area contributed by atoms with E-state index in [1.807, 2.05) is 24.3 Å². The van der Waals surface area contributed by atoms with E-state index in [9.17, 15) is 14.0 Å². The van der Waals surface area contributed by atoms with E-state index in [4.69, 9.17) is 4.74 Å². The molecule has 0 spiro atoms. The largest absolute Gasteiger partial charge is 0.497 e. The van der Waals surface area contributed by atoms with E-state index in [1.165, 1.54) is 12.1 Å². The Labute approximate surface area is 165 Å². The van der Waals surface area contributed by atoms with Gasteiger partial charge < -0.3 is 15.4 Å². The van der Waals surface area contributed by atoms with Crippen LogP contribution in [0.15, 0.2) is 48.5 Å². The number of benzene rings is 2. The molecule has 0 unspecified atom stereocenters. The van der Waals surface area contributed by atoms with Gasteiger partial charge in [0.05, 0.1) is 7.11 Å². The fourth-order valence-corrected chi connectivity index (χ4v) is 2.66. The van der Waals surface area contributed by atoms with Crippen molar-refractivity contribution in [3.8, 4) is 5.75 Å². The lowest BCUT2D eigenvalue weighted by Crippen LogP contribution is -2.48. The Morgan fingerprint density at radius 1 is 0.929 bits per heavy atom. The van der Waals surface area contributed by atoms with Gasteiger partial charge in [-0.3, -0.25) is 9.59 Å². The first kappa shape index (κ1) is 21.4. The Hall–Kier alpha value is -2.89. The van der Waals surface area contributed by atoms with Gasteiger partial charge in [0.25, 0.3) is 0 Å². The molecule has 2 amide bonds. The summed E-state index contributed by atoms with van der Waals surface area (Å²) in [5.41, 5.74) is 0.778. The van der Waals surface area contributed by atoms with Gasteiger partial charge in [-0.25, -0.2) is 4.39 Å². The van der Waals surface area contributed by atoms with Crippen LogP contribution >= 0.6 is 0 Å². The van der Waals surface area contributed by atoms with Crippen molar-refractivity contribution in [1.29, 1.82) is 0 Å². The van der Waals surface area contributed by atoms with Crippen molar-refractivity contribution in [3.63, 3.8) is 0 Å². The highest BCUT2D eigenvalue weighted by molar-refractivity contribution is 6.04. The molecule has 2 aromatic carbocycles. The lowest BCUT2D eigenvalue weighted by atomic mass is 9.91. The van der Waals surface area contributed by atoms with Gasteiger partial charge in [0.15, 0.2) is 0 Å². The summed E-state index contributed by atoms with van der Waals surface area (Å²) < 4.78 is 18.1. The number of hydrogen-bond acceptors (Lipinski definition) is 3. The van der Waals surface area contributed by atoms with Crippen LogP contribution in [0.4, 0.5) is 4.39 Å². The fraction of sp³-hybridized carbons (Fsp3) is 0.364. The van der Waals surface area contributed by atoms with Crippen molar-refractivity contribution in [2.75, 3.05) is 20.2 Å². The maximum Gasteiger partial charge on any atom is 0.235 e. The molecule has 0 aromatic heterocycles. The molecule has 0 heterocycles. The van der Waals surface area contributed by atoms with Crippen LogP contribution in [0.1, 0.15) is 25.0 Å². The van der Waals surface area contributed by atoms with Crippen LogP contribution in [0.2, 0.25) is 0 Å². The predicted octanol–water partition coefficient (Wildman–Crippen LogP) is 2.88. The third-order valence-electron chi connectivity index (χ3n) is 4.58. The summed E-state index contributed by atoms with van der Waals surface area (Å²) in [5.74, 6) is -0.188. The number of rotatable bonds is 9. The summed E-state index contributed by atoms with van der Waals surface area (Å²) in [6.45, 7) is 4.01. The molecule has 0 bridgehead atoms. The van der Waals surface area contributed by atoms with E-state index >= 15 is 0 Å². The minimum atomic E-state index is -1.18. The number of halogens is 1. The smallest absolute Gasteiger partial charge is 0.235 e. The molecule has 2 rings (SSSR count). The Morgan fingerprint density at radius 3 is 2.07 bits per heavy atom. The topological polar surface area (TPSA) is 67.4 Å². The molecule has 0 saturated heterocycles. The Balaban J connectivity index is 1.78. The molecule has 0 atom stereocenters. The molecule has 5 nitrogen and oxygen atoms in total. The third kappa shape index (κ3) is 6.08. The maximum absolute atomic E-state index is 12.9. The highest BCUT2D eigenvalue weighted by atomic mass is 19.1. The zero-order valence-electron chi connectivity index (χ0n) is 16.5. The highest BCUT2D eigenvalue weighted by Crippen LogP contribution is 2.16. The average molecular weight is 386 g/mol. The van der Waals surface area contributed by atoms with E-state index < -0.39 is 5.41 Å². The van der Waals surface area contributed by atoms with Crippen molar-refractivity contribution in [3.05, 3.63) is 65.5 Å². The van der Waals surface area contributed by atoms with Gasteiger partial charge in [-0.15, -0.1) is 0 Å². The summed E-state index contributed by atoms with van der Waals surface area (Å²) in [6, 6.07) is 13.8. The molecule has 2 aromatic rings. The van der Waals surface area contributed by atoms with E-state index in [1.54, 1.807) is 33.1 Å². The van der Waals surface area contributed by atoms with Crippen molar-refractivity contribution in [2.45, 2.75) is 26.7 Å². The number of methoxy groups -OCH3 is 1. The fourth-order valence-electron chi connectivity index (χ4n) is 2.66. The summed E-state index contributed by atoms with van der Waals surface area (Å²) in [7, 11) is 1.61. The normalized spacial score (nSPS) is 11.0. The second kappa shape index (κ2) is 9.88. The number of ether oxygens (including phenoxy) is 1. The second-order valence-corrected chi connectivity index (χ2v) is 7.11. The molecule has 2 N–H and O–H groups in total. The van der Waals surface area contributed by atoms with Gasteiger partial charge in [-0.05, 0) is 62.1 Å². The molecule has 0 aliphatic heterocycles. The summed E-state index contributed by atoms with van der Waals surface area (Å²) in [5, 5.41) is 5.60. The quantitative estimate of drug-likeness (QED) is 0.651. The minimum Gasteiger partial charge on any atom is -0.497 e. The minimum absolute atomic E-state index is 0.292. The van der Waals surface area contributed by atoms with E-state index in [-0.39, 0.29) is 17.6 Å². The summed E-state index contributed by atoms with van der Waals surface area (Å²) in [6.07, 6.45) is 1.21. The van der Waals surface area contributed by atoms with Crippen molar-refractivity contribution >= 4 is 11.8 Å². The third-order valence-corrected chi connectivity index (χ3v) is 4.58. The summed E-state index contributed by atoms with van der Waals surface area (Å²) in [4.78, 5) is 24.9. The zero-order chi connectivity index (χ0) is 20.6. The predicted molar refractivity (Wildman–Crippen MR) is 107 cm³/mol. The lowest BCUT2D eigenvalue weighted by molar-refractivity contribution is -0.141. The van der Waals surface area contributed by atoms with E-state index in [0.29, 0.717) is 25.9 Å². The maximum atomic E-state index is 12.9. The standard InChI is InChI=1S/C22H27FN2O3/c1-22(2,20(26)24-13-11-16-7-9-18(23)10-8-16)21(27)25-14-12-17-5-4-6-19(15-17)28-3/h4-10,15H,11-14H2,1-3H3,(H,24,26)(H,25,27). The first-order valence-electron chi connectivity index (χ1n) is 9.27. The van der Waals surface area contributed by atoms with Crippen LogP contribution < -0.4 is 15.4 Å². The van der Waals surface area contributed by atoms with Crippen molar-refractivity contribution in [2.24, 2.45) is 5.41 Å². The van der Waals surface area contributed by atoms with Crippen LogP contribution in [0.3, 0.4) is 0 Å². The van der Waals surface area contributed by atoms with Crippen molar-refractivity contribution in [1.82, 2.24) is 10.6 Å². The second-order valence-electron chi connectivity index (χ2n) is 7.11. The molecule has 0 aliphatic rings. The Morgan fingerprint density at radius 2 is 1.50 bits per heavy atom. The molecule has 0 fully saturated rings. The van der Waals surface area contributed by atoms with Crippen LogP contribution in [0.5, 0.6) is 5.75 Å². The van der Waals surface area contributed by atoms with Gasteiger partial charge in [0, 0.05) is 13.1 Å². The van der Waals surface area contributed by atoms with Crippen LogP contribution in [-0.2, 0) is 22.4 Å².